The number of halogens is 1. The van der Waals surface area contributed by atoms with Crippen molar-refractivity contribution in [2.75, 3.05) is 26.1 Å². The summed E-state index contributed by atoms with van der Waals surface area (Å²) in [5.41, 5.74) is 1.29. The van der Waals surface area contributed by atoms with Gasteiger partial charge in [0.25, 0.3) is 5.91 Å². The van der Waals surface area contributed by atoms with Crippen molar-refractivity contribution in [2.45, 2.75) is 6.92 Å². The lowest BCUT2D eigenvalue weighted by Gasteiger charge is -2.15. The Bertz CT molecular complexity index is 703. The molecule has 0 aliphatic rings. The number of carbonyl (C=O) groups excluding carboxylic acids is 1. The van der Waals surface area contributed by atoms with Crippen LogP contribution >= 0.6 is 0 Å². The molecule has 0 atom stereocenters. The molecule has 0 bridgehead atoms. The molecule has 1 amide bonds. The van der Waals surface area contributed by atoms with Crippen molar-refractivity contribution in [3.05, 3.63) is 47.8 Å². The third kappa shape index (κ3) is 4.12. The monoisotopic (exact) mass is 319 g/mol. The van der Waals surface area contributed by atoms with E-state index in [-0.39, 0.29) is 18.3 Å². The molecule has 0 aliphatic heterocycles. The van der Waals surface area contributed by atoms with Gasteiger partial charge in [-0.3, -0.25) is 4.79 Å². The van der Waals surface area contributed by atoms with E-state index in [0.29, 0.717) is 17.2 Å². The van der Waals surface area contributed by atoms with Crippen LogP contribution < -0.4 is 19.5 Å². The minimum atomic E-state index is -0.421. The molecule has 0 saturated heterocycles. The first-order valence-corrected chi connectivity index (χ1v) is 6.95. The highest BCUT2D eigenvalue weighted by Crippen LogP contribution is 2.34. The van der Waals surface area contributed by atoms with Gasteiger partial charge in [0.05, 0.1) is 19.9 Å². The van der Waals surface area contributed by atoms with E-state index < -0.39 is 5.82 Å². The average Bonchev–Trinajstić information content (AvgIpc) is 2.53. The molecule has 122 valence electrons. The van der Waals surface area contributed by atoms with Gasteiger partial charge in [-0.1, -0.05) is 6.07 Å². The van der Waals surface area contributed by atoms with E-state index in [0.717, 1.165) is 5.56 Å². The van der Waals surface area contributed by atoms with Gasteiger partial charge >= 0.3 is 0 Å². The summed E-state index contributed by atoms with van der Waals surface area (Å²) in [7, 11) is 3.08. The van der Waals surface area contributed by atoms with Gasteiger partial charge in [0.15, 0.2) is 6.61 Å². The van der Waals surface area contributed by atoms with Crippen LogP contribution in [0.1, 0.15) is 5.56 Å². The first-order chi connectivity index (χ1) is 11.0. The van der Waals surface area contributed by atoms with Crippen LogP contribution in [-0.4, -0.2) is 26.7 Å². The number of rotatable bonds is 6. The summed E-state index contributed by atoms with van der Waals surface area (Å²) in [6.45, 7) is 1.59. The molecular formula is C17H18FNO4. The normalized spacial score (nSPS) is 10.1. The number of benzene rings is 2. The van der Waals surface area contributed by atoms with Crippen LogP contribution in [0.4, 0.5) is 10.1 Å². The fourth-order valence-corrected chi connectivity index (χ4v) is 2.15. The summed E-state index contributed by atoms with van der Waals surface area (Å²) in [4.78, 5) is 12.0. The Morgan fingerprint density at radius 2 is 1.96 bits per heavy atom. The van der Waals surface area contributed by atoms with Gasteiger partial charge in [0, 0.05) is 11.6 Å². The standard InChI is InChI=1S/C17H18FNO4/c1-11-15(21-2)8-7-14(17(11)22-3)19-16(20)10-23-13-6-4-5-12(18)9-13/h4-9H,10H2,1-3H3,(H,19,20). The fourth-order valence-electron chi connectivity index (χ4n) is 2.15. The number of amides is 1. The van der Waals surface area contributed by atoms with Crippen LogP contribution in [0.5, 0.6) is 17.2 Å². The summed E-state index contributed by atoms with van der Waals surface area (Å²) in [6, 6.07) is 9.03. The van der Waals surface area contributed by atoms with Crippen molar-refractivity contribution in [1.82, 2.24) is 0 Å². The predicted molar refractivity (Wildman–Crippen MR) is 84.8 cm³/mol. The Labute approximate surface area is 134 Å². The minimum absolute atomic E-state index is 0.238. The van der Waals surface area contributed by atoms with Crippen LogP contribution in [0.15, 0.2) is 36.4 Å². The maximum absolute atomic E-state index is 13.0. The third-order valence-electron chi connectivity index (χ3n) is 3.22. The van der Waals surface area contributed by atoms with Crippen LogP contribution in [0.3, 0.4) is 0 Å². The maximum atomic E-state index is 13.0. The van der Waals surface area contributed by atoms with Gasteiger partial charge in [-0.05, 0) is 31.2 Å². The second-order valence-electron chi connectivity index (χ2n) is 4.77. The first-order valence-electron chi connectivity index (χ1n) is 6.95. The molecule has 0 aromatic heterocycles. The van der Waals surface area contributed by atoms with Crippen LogP contribution in [0, 0.1) is 12.7 Å². The SMILES string of the molecule is COc1ccc(NC(=O)COc2cccc(F)c2)c(OC)c1C. The number of hydrogen-bond donors (Lipinski definition) is 1. The van der Waals surface area contributed by atoms with Gasteiger partial charge in [-0.2, -0.15) is 0 Å². The van der Waals surface area contributed by atoms with E-state index in [1.54, 1.807) is 25.3 Å². The van der Waals surface area contributed by atoms with Crippen molar-refractivity contribution in [1.29, 1.82) is 0 Å². The van der Waals surface area contributed by atoms with Crippen LogP contribution in [-0.2, 0) is 4.79 Å². The van der Waals surface area contributed by atoms with Gasteiger partial charge in [-0.15, -0.1) is 0 Å². The molecule has 0 heterocycles. The molecule has 0 fully saturated rings. The Balaban J connectivity index is 2.04. The van der Waals surface area contributed by atoms with Crippen molar-refractivity contribution < 1.29 is 23.4 Å². The molecule has 2 aromatic rings. The van der Waals surface area contributed by atoms with E-state index >= 15 is 0 Å². The molecule has 0 spiro atoms. The molecule has 0 aliphatic carbocycles. The lowest BCUT2D eigenvalue weighted by molar-refractivity contribution is -0.118. The van der Waals surface area contributed by atoms with Crippen LogP contribution in [0.25, 0.3) is 0 Å². The lowest BCUT2D eigenvalue weighted by atomic mass is 10.1. The first kappa shape index (κ1) is 16.6. The van der Waals surface area contributed by atoms with Gasteiger partial charge in [-0.25, -0.2) is 4.39 Å². The highest BCUT2D eigenvalue weighted by atomic mass is 19.1. The molecule has 5 nitrogen and oxygen atoms in total. The third-order valence-corrected chi connectivity index (χ3v) is 3.22. The van der Waals surface area contributed by atoms with Crippen molar-refractivity contribution >= 4 is 11.6 Å². The van der Waals surface area contributed by atoms with Crippen molar-refractivity contribution in [2.24, 2.45) is 0 Å². The smallest absolute Gasteiger partial charge is 0.262 e. The summed E-state index contributed by atoms with van der Waals surface area (Å²) in [5.74, 6) is 0.671. The Morgan fingerprint density at radius 3 is 2.61 bits per heavy atom. The molecule has 2 rings (SSSR count). The molecule has 2 aromatic carbocycles. The zero-order chi connectivity index (χ0) is 16.8. The largest absolute Gasteiger partial charge is 0.496 e. The van der Waals surface area contributed by atoms with E-state index in [1.807, 2.05) is 6.92 Å². The Morgan fingerprint density at radius 1 is 1.17 bits per heavy atom. The lowest BCUT2D eigenvalue weighted by Crippen LogP contribution is -2.20. The zero-order valence-corrected chi connectivity index (χ0v) is 13.2. The zero-order valence-electron chi connectivity index (χ0n) is 13.2. The molecule has 0 unspecified atom stereocenters. The van der Waals surface area contributed by atoms with Crippen molar-refractivity contribution in [3.8, 4) is 17.2 Å². The number of anilines is 1. The van der Waals surface area contributed by atoms with Gasteiger partial charge < -0.3 is 19.5 Å². The quantitative estimate of drug-likeness (QED) is 0.888. The van der Waals surface area contributed by atoms with Gasteiger partial charge in [0.1, 0.15) is 23.1 Å². The Kier molecular flexibility index (Phi) is 5.41. The molecule has 0 saturated carbocycles. The fraction of sp³-hybridized carbons (Fsp3) is 0.235. The summed E-state index contributed by atoms with van der Waals surface area (Å²) >= 11 is 0. The number of carbonyl (C=O) groups is 1. The van der Waals surface area contributed by atoms with E-state index in [1.165, 1.54) is 25.3 Å². The second-order valence-corrected chi connectivity index (χ2v) is 4.77. The topological polar surface area (TPSA) is 56.8 Å². The van der Waals surface area contributed by atoms with E-state index in [9.17, 15) is 9.18 Å². The van der Waals surface area contributed by atoms with E-state index in [2.05, 4.69) is 5.32 Å². The number of ether oxygens (including phenoxy) is 3. The highest BCUT2D eigenvalue weighted by Gasteiger charge is 2.13. The van der Waals surface area contributed by atoms with Crippen molar-refractivity contribution in [3.63, 3.8) is 0 Å². The minimum Gasteiger partial charge on any atom is -0.496 e. The summed E-state index contributed by atoms with van der Waals surface area (Å²) < 4.78 is 28.8. The van der Waals surface area contributed by atoms with Crippen LogP contribution in [0.2, 0.25) is 0 Å². The average molecular weight is 319 g/mol. The van der Waals surface area contributed by atoms with E-state index in [4.69, 9.17) is 14.2 Å². The molecule has 23 heavy (non-hydrogen) atoms. The molecule has 1 N–H and O–H groups in total. The van der Waals surface area contributed by atoms with Gasteiger partial charge in [0.2, 0.25) is 0 Å². The summed E-state index contributed by atoms with van der Waals surface area (Å²) in [5, 5.41) is 2.70. The predicted octanol–water partition coefficient (Wildman–Crippen LogP) is 3.17. The molecular weight excluding hydrogens is 301 g/mol. The number of hydrogen-bond acceptors (Lipinski definition) is 4. The molecule has 6 heteroatoms. The maximum Gasteiger partial charge on any atom is 0.262 e. The second kappa shape index (κ2) is 7.49. The Hall–Kier alpha value is -2.76. The molecule has 0 radical (unpaired) electrons. The highest BCUT2D eigenvalue weighted by molar-refractivity contribution is 5.93. The number of methoxy groups -OCH3 is 2. The number of nitrogens with one attached hydrogen (secondary N) is 1. The summed E-state index contributed by atoms with van der Waals surface area (Å²) in [6.07, 6.45) is 0.